The molecule has 0 radical (unpaired) electrons. The summed E-state index contributed by atoms with van der Waals surface area (Å²) in [6.07, 6.45) is 6.03. The molecule has 1 heterocycles. The van der Waals surface area contributed by atoms with Crippen LogP contribution in [0.5, 0.6) is 5.75 Å². The zero-order chi connectivity index (χ0) is 32.1. The van der Waals surface area contributed by atoms with Gasteiger partial charge >= 0.3 is 16.3 Å². The van der Waals surface area contributed by atoms with E-state index in [-0.39, 0.29) is 23.5 Å². The van der Waals surface area contributed by atoms with Crippen molar-refractivity contribution in [3.05, 3.63) is 95.2 Å². The van der Waals surface area contributed by atoms with E-state index in [1.807, 2.05) is 18.2 Å². The fraction of sp³-hybridized carbons (Fsp3) is 0.382. The number of aryl methyl sites for hydroxylation is 2. The first kappa shape index (κ1) is 34.0. The van der Waals surface area contributed by atoms with E-state index in [0.29, 0.717) is 17.7 Å². The molecule has 11 heteroatoms. The van der Waals surface area contributed by atoms with E-state index in [1.54, 1.807) is 25.1 Å². The van der Waals surface area contributed by atoms with Crippen LogP contribution in [0.25, 0.3) is 11.0 Å². The molecule has 45 heavy (non-hydrogen) atoms. The second kappa shape index (κ2) is 17.0. The Morgan fingerprint density at radius 2 is 1.64 bits per heavy atom. The topological polar surface area (TPSA) is 147 Å². The van der Waals surface area contributed by atoms with E-state index >= 15 is 0 Å². The van der Waals surface area contributed by atoms with Crippen LogP contribution in [0.4, 0.5) is 5.69 Å². The van der Waals surface area contributed by atoms with Gasteiger partial charge in [-0.1, -0.05) is 55.3 Å². The second-order valence-corrected chi connectivity index (χ2v) is 12.3. The van der Waals surface area contributed by atoms with Crippen molar-refractivity contribution in [2.24, 2.45) is 0 Å². The molecule has 0 bridgehead atoms. The standard InChI is InChI=1S/C34H42N2O8S/c1-25-12-4-6-15-29(25)34(39)44-45(40,41)36-30-23-26(17-18-31(30)37)32(38)24-35-19-9-2-3-10-20-42-21-11-8-14-28-22-27-13-5-7-16-33(27)43-28/h4-7,12-13,15-18,22-23,32,35-38H,2-3,8-11,14,19-21,24H2,1H3. The fourth-order valence-electron chi connectivity index (χ4n) is 4.87. The van der Waals surface area contributed by atoms with Gasteiger partial charge < -0.3 is 28.9 Å². The van der Waals surface area contributed by atoms with Crippen molar-refractivity contribution in [2.75, 3.05) is 31.0 Å². The van der Waals surface area contributed by atoms with Crippen molar-refractivity contribution in [1.29, 1.82) is 0 Å². The van der Waals surface area contributed by atoms with Crippen LogP contribution in [0.2, 0.25) is 0 Å². The number of hydrogen-bond acceptors (Lipinski definition) is 9. The number of ether oxygens (including phenoxy) is 1. The number of phenolic OH excluding ortho intramolecular Hbond substituents is 1. The highest BCUT2D eigenvalue weighted by atomic mass is 32.2. The van der Waals surface area contributed by atoms with Crippen LogP contribution in [0.15, 0.2) is 77.2 Å². The predicted molar refractivity (Wildman–Crippen MR) is 174 cm³/mol. The van der Waals surface area contributed by atoms with Crippen LogP contribution in [-0.4, -0.2) is 50.9 Å². The Bertz CT molecular complexity index is 1600. The monoisotopic (exact) mass is 638 g/mol. The number of unbranched alkanes of at least 4 members (excludes halogenated alkanes) is 4. The van der Waals surface area contributed by atoms with Crippen molar-refractivity contribution in [2.45, 2.75) is 58.0 Å². The maximum absolute atomic E-state index is 12.4. The second-order valence-electron chi connectivity index (χ2n) is 11.0. The third-order valence-electron chi connectivity index (χ3n) is 7.36. The normalized spacial score (nSPS) is 12.3. The highest BCUT2D eigenvalue weighted by Gasteiger charge is 2.22. The van der Waals surface area contributed by atoms with Crippen molar-refractivity contribution in [3.8, 4) is 5.75 Å². The summed E-state index contributed by atoms with van der Waals surface area (Å²) < 4.78 is 43.2. The van der Waals surface area contributed by atoms with Gasteiger partial charge in [-0.15, -0.1) is 0 Å². The van der Waals surface area contributed by atoms with Crippen molar-refractivity contribution < 1.29 is 36.8 Å². The quantitative estimate of drug-likeness (QED) is 0.0698. The molecule has 0 aliphatic heterocycles. The number of hydrogen-bond donors (Lipinski definition) is 4. The number of fused-ring (bicyclic) bond motifs is 1. The number of benzene rings is 3. The van der Waals surface area contributed by atoms with Crippen molar-refractivity contribution >= 4 is 32.9 Å². The summed E-state index contributed by atoms with van der Waals surface area (Å²) in [4.78, 5) is 12.3. The molecule has 0 spiro atoms. The van der Waals surface area contributed by atoms with Crippen LogP contribution in [0.3, 0.4) is 0 Å². The molecule has 0 amide bonds. The summed E-state index contributed by atoms with van der Waals surface area (Å²) in [5.41, 5.74) is 1.78. The van der Waals surface area contributed by atoms with Gasteiger partial charge in [-0.25, -0.2) is 9.52 Å². The summed E-state index contributed by atoms with van der Waals surface area (Å²) in [6, 6.07) is 20.7. The molecule has 0 fully saturated rings. The van der Waals surface area contributed by atoms with Gasteiger partial charge in [0.1, 0.15) is 17.1 Å². The SMILES string of the molecule is Cc1ccccc1C(=O)OS(=O)(=O)Nc1cc(C(O)CNCCCCCCOCCCCc2cc3ccccc3o2)ccc1O. The smallest absolute Gasteiger partial charge is 0.410 e. The molecule has 1 unspecified atom stereocenters. The Labute approximate surface area is 264 Å². The Balaban J connectivity index is 1.05. The lowest BCUT2D eigenvalue weighted by Crippen LogP contribution is -2.23. The third-order valence-corrected chi connectivity index (χ3v) is 8.20. The number of furan rings is 1. The minimum atomic E-state index is -4.59. The average Bonchev–Trinajstić information content (AvgIpc) is 3.43. The molecular formula is C34H42N2O8S. The number of aliphatic hydroxyl groups is 1. The molecule has 0 saturated heterocycles. The number of aromatic hydroxyl groups is 1. The van der Waals surface area contributed by atoms with Gasteiger partial charge in [0.05, 0.1) is 17.4 Å². The zero-order valence-electron chi connectivity index (χ0n) is 25.5. The van der Waals surface area contributed by atoms with Crippen LogP contribution < -0.4 is 10.0 Å². The molecule has 0 aliphatic rings. The maximum Gasteiger partial charge on any atom is 0.410 e. The lowest BCUT2D eigenvalue weighted by molar-refractivity contribution is 0.0747. The average molecular weight is 639 g/mol. The highest BCUT2D eigenvalue weighted by Crippen LogP contribution is 2.28. The molecule has 0 aliphatic carbocycles. The molecule has 0 saturated carbocycles. The number of anilines is 1. The maximum atomic E-state index is 12.4. The van der Waals surface area contributed by atoms with Gasteiger partial charge in [-0.05, 0) is 80.6 Å². The van der Waals surface area contributed by atoms with E-state index in [1.165, 1.54) is 24.3 Å². The van der Waals surface area contributed by atoms with Crippen molar-refractivity contribution in [3.63, 3.8) is 0 Å². The molecule has 1 aromatic heterocycles. The van der Waals surface area contributed by atoms with Crippen LogP contribution in [-0.2, 0) is 25.6 Å². The molecule has 4 N–H and O–H groups in total. The number of carbonyl (C=O) groups is 1. The lowest BCUT2D eigenvalue weighted by Gasteiger charge is -2.15. The van der Waals surface area contributed by atoms with Gasteiger partial charge in [-0.2, -0.15) is 8.42 Å². The molecule has 10 nitrogen and oxygen atoms in total. The molecule has 242 valence electrons. The first-order chi connectivity index (χ1) is 21.7. The number of nitrogens with one attached hydrogen (secondary N) is 2. The third kappa shape index (κ3) is 10.9. The molecular weight excluding hydrogens is 596 g/mol. The predicted octanol–water partition coefficient (Wildman–Crippen LogP) is 6.18. The Kier molecular flexibility index (Phi) is 12.8. The lowest BCUT2D eigenvalue weighted by atomic mass is 10.1. The van der Waals surface area contributed by atoms with E-state index < -0.39 is 22.4 Å². The number of para-hydroxylation sites is 1. The molecule has 4 rings (SSSR count). The summed E-state index contributed by atoms with van der Waals surface area (Å²) in [5.74, 6) is -0.396. The summed E-state index contributed by atoms with van der Waals surface area (Å²) in [6.45, 7) is 4.11. The first-order valence-corrected chi connectivity index (χ1v) is 16.7. The van der Waals surface area contributed by atoms with Gasteiger partial charge in [0, 0.05) is 31.6 Å². The van der Waals surface area contributed by atoms with E-state index in [2.05, 4.69) is 26.4 Å². The van der Waals surface area contributed by atoms with Crippen LogP contribution >= 0.6 is 0 Å². The fourth-order valence-corrected chi connectivity index (χ4v) is 5.64. The van der Waals surface area contributed by atoms with E-state index in [4.69, 9.17) is 9.15 Å². The molecule has 4 aromatic rings. The van der Waals surface area contributed by atoms with Gasteiger partial charge in [-0.3, -0.25) is 0 Å². The summed E-state index contributed by atoms with van der Waals surface area (Å²) in [7, 11) is -4.59. The van der Waals surface area contributed by atoms with Gasteiger partial charge in [0.25, 0.3) is 0 Å². The van der Waals surface area contributed by atoms with Gasteiger partial charge in [0.2, 0.25) is 0 Å². The largest absolute Gasteiger partial charge is 0.506 e. The Hall–Kier alpha value is -3.90. The molecule has 1 atom stereocenters. The van der Waals surface area contributed by atoms with E-state index in [0.717, 1.165) is 74.9 Å². The number of phenols is 1. The zero-order valence-corrected chi connectivity index (χ0v) is 26.4. The summed E-state index contributed by atoms with van der Waals surface area (Å²) in [5, 5.41) is 25.1. The minimum absolute atomic E-state index is 0.109. The molecule has 3 aromatic carbocycles. The number of rotatable bonds is 19. The number of aliphatic hydroxyl groups excluding tert-OH is 1. The minimum Gasteiger partial charge on any atom is -0.506 e. The highest BCUT2D eigenvalue weighted by molar-refractivity contribution is 7.88. The Morgan fingerprint density at radius 3 is 2.44 bits per heavy atom. The Morgan fingerprint density at radius 1 is 0.911 bits per heavy atom. The van der Waals surface area contributed by atoms with Crippen molar-refractivity contribution in [1.82, 2.24) is 5.32 Å². The first-order valence-electron chi connectivity index (χ1n) is 15.3. The van der Waals surface area contributed by atoms with Crippen LogP contribution in [0, 0.1) is 6.92 Å². The van der Waals surface area contributed by atoms with Gasteiger partial charge in [0.15, 0.2) is 0 Å². The number of carbonyl (C=O) groups excluding carboxylic acids is 1. The van der Waals surface area contributed by atoms with Crippen LogP contribution in [0.1, 0.15) is 71.9 Å². The van der Waals surface area contributed by atoms with E-state index in [9.17, 15) is 23.4 Å². The summed E-state index contributed by atoms with van der Waals surface area (Å²) >= 11 is 0.